The first-order valence-corrected chi connectivity index (χ1v) is 11.7. The highest BCUT2D eigenvalue weighted by atomic mass is 32.2. The van der Waals surface area contributed by atoms with Crippen LogP contribution in [0.25, 0.3) is 0 Å². The van der Waals surface area contributed by atoms with Crippen molar-refractivity contribution in [1.29, 1.82) is 0 Å². The minimum atomic E-state index is -4.13. The van der Waals surface area contributed by atoms with Crippen LogP contribution in [0.5, 0.6) is 0 Å². The Labute approximate surface area is 160 Å². The molecule has 3 rings (SSSR count). The Morgan fingerprint density at radius 1 is 0.679 bits per heavy atom. The Bertz CT molecular complexity index is 839. The molecule has 12 nitrogen and oxygen atoms in total. The number of fused-ring (bicyclic) bond motifs is 2. The normalized spacial score (nSPS) is 30.8. The molecule has 0 aromatic rings. The van der Waals surface area contributed by atoms with Gasteiger partial charge in [0.25, 0.3) is 43.9 Å². The van der Waals surface area contributed by atoms with Gasteiger partial charge in [-0.2, -0.15) is 16.8 Å². The Balaban J connectivity index is 1.83. The minimum absolute atomic E-state index is 0.181. The van der Waals surface area contributed by atoms with E-state index in [0.717, 1.165) is 0 Å². The van der Waals surface area contributed by atoms with Gasteiger partial charge in [-0.25, -0.2) is 0 Å². The van der Waals surface area contributed by atoms with Gasteiger partial charge in [0.2, 0.25) is 0 Å². The highest BCUT2D eigenvalue weighted by Crippen LogP contribution is 2.48. The van der Waals surface area contributed by atoms with Crippen LogP contribution >= 0.6 is 0 Å². The number of hydrogen-bond donors (Lipinski definition) is 0. The van der Waals surface area contributed by atoms with Crippen LogP contribution in [-0.2, 0) is 48.0 Å². The van der Waals surface area contributed by atoms with Crippen LogP contribution in [0.15, 0.2) is 0 Å². The number of carbonyl (C=O) groups is 4. The van der Waals surface area contributed by atoms with Gasteiger partial charge in [0, 0.05) is 0 Å². The van der Waals surface area contributed by atoms with Crippen molar-refractivity contribution in [2.24, 2.45) is 23.7 Å². The summed E-state index contributed by atoms with van der Waals surface area (Å²) in [6.45, 7) is 2.54. The van der Waals surface area contributed by atoms with E-state index in [2.05, 4.69) is 8.57 Å². The van der Waals surface area contributed by atoms with Crippen LogP contribution in [0, 0.1) is 23.7 Å². The summed E-state index contributed by atoms with van der Waals surface area (Å²) in [5.41, 5.74) is 0. The summed E-state index contributed by atoms with van der Waals surface area (Å²) < 4.78 is 55.5. The lowest BCUT2D eigenvalue weighted by Crippen LogP contribution is -2.35. The summed E-state index contributed by atoms with van der Waals surface area (Å²) >= 11 is 0. The van der Waals surface area contributed by atoms with Gasteiger partial charge in [-0.1, -0.05) is 0 Å². The van der Waals surface area contributed by atoms with Crippen molar-refractivity contribution >= 4 is 43.9 Å². The van der Waals surface area contributed by atoms with Crippen LogP contribution in [0.1, 0.15) is 26.7 Å². The first-order valence-electron chi connectivity index (χ1n) is 8.52. The highest BCUT2D eigenvalue weighted by molar-refractivity contribution is 7.86. The minimum Gasteiger partial charge on any atom is -0.272 e. The van der Waals surface area contributed by atoms with Gasteiger partial charge in [0.15, 0.2) is 0 Å². The third kappa shape index (κ3) is 3.33. The van der Waals surface area contributed by atoms with Crippen molar-refractivity contribution in [3.05, 3.63) is 0 Å². The monoisotopic (exact) mass is 438 g/mol. The molecule has 3 fully saturated rings. The Hall–Kier alpha value is -1.90. The Morgan fingerprint density at radius 3 is 1.14 bits per heavy atom. The smallest absolute Gasteiger partial charge is 0.272 e. The summed E-state index contributed by atoms with van der Waals surface area (Å²) in [5.74, 6) is -8.73. The standard InChI is InChI=1S/C14H18N2O10S2/c1-3-27(21,22)25-15-11(17)7-5-9-10(6-8(7)12(15)18)14(20)16(13(9)19)26-28(23,24)4-2/h7-10H,3-6H2,1-2H3. The van der Waals surface area contributed by atoms with Gasteiger partial charge in [-0.05, 0) is 26.7 Å². The zero-order valence-electron chi connectivity index (χ0n) is 14.9. The summed E-state index contributed by atoms with van der Waals surface area (Å²) in [4.78, 5) is 49.8. The molecule has 28 heavy (non-hydrogen) atoms. The maximum absolute atomic E-state index is 12.5. The average molecular weight is 438 g/mol. The summed E-state index contributed by atoms with van der Waals surface area (Å²) in [6.07, 6.45) is -0.439. The van der Waals surface area contributed by atoms with E-state index in [0.29, 0.717) is 0 Å². The van der Waals surface area contributed by atoms with Crippen molar-refractivity contribution in [2.45, 2.75) is 26.7 Å². The fraction of sp³-hybridized carbons (Fsp3) is 0.714. The maximum atomic E-state index is 12.5. The van der Waals surface area contributed by atoms with Gasteiger partial charge < -0.3 is 0 Å². The third-order valence-electron chi connectivity index (χ3n) is 5.14. The van der Waals surface area contributed by atoms with Crippen LogP contribution in [0.3, 0.4) is 0 Å². The van der Waals surface area contributed by atoms with Gasteiger partial charge in [0.1, 0.15) is 0 Å². The van der Waals surface area contributed by atoms with E-state index in [1.807, 2.05) is 0 Å². The predicted molar refractivity (Wildman–Crippen MR) is 88.0 cm³/mol. The second kappa shape index (κ2) is 6.86. The Morgan fingerprint density at radius 2 is 0.929 bits per heavy atom. The second-order valence-electron chi connectivity index (χ2n) is 6.68. The van der Waals surface area contributed by atoms with Crippen molar-refractivity contribution < 1.29 is 44.6 Å². The molecular formula is C14H18N2O10S2. The molecular weight excluding hydrogens is 420 g/mol. The molecule has 0 bridgehead atoms. The van der Waals surface area contributed by atoms with Crippen LogP contribution in [0.4, 0.5) is 0 Å². The molecule has 0 radical (unpaired) electrons. The molecule has 3 aliphatic rings. The Kier molecular flexibility index (Phi) is 5.10. The number of carbonyl (C=O) groups excluding carboxylic acids is 4. The fourth-order valence-electron chi connectivity index (χ4n) is 3.60. The molecule has 1 aliphatic carbocycles. The molecule has 4 atom stereocenters. The SMILES string of the molecule is CCS(=O)(=O)ON1C(=O)C2CC3C(=O)N(OS(=O)(=O)CC)C(=O)C3CC2C1=O. The van der Waals surface area contributed by atoms with E-state index in [1.54, 1.807) is 0 Å². The largest absolute Gasteiger partial charge is 0.288 e. The number of imide groups is 2. The second-order valence-corrected chi connectivity index (χ2v) is 10.4. The number of nitrogens with zero attached hydrogens (tertiary/aromatic N) is 2. The van der Waals surface area contributed by atoms with E-state index in [1.165, 1.54) is 13.8 Å². The van der Waals surface area contributed by atoms with Crippen molar-refractivity contribution in [2.75, 3.05) is 11.5 Å². The molecule has 14 heteroatoms. The molecule has 156 valence electrons. The average Bonchev–Trinajstić information content (AvgIpc) is 3.01. The van der Waals surface area contributed by atoms with E-state index in [-0.39, 0.29) is 23.0 Å². The van der Waals surface area contributed by atoms with Gasteiger partial charge in [0.05, 0.1) is 35.2 Å². The first-order chi connectivity index (χ1) is 12.9. The van der Waals surface area contributed by atoms with Crippen LogP contribution < -0.4 is 0 Å². The third-order valence-corrected chi connectivity index (χ3v) is 7.31. The van der Waals surface area contributed by atoms with Crippen molar-refractivity contribution in [3.63, 3.8) is 0 Å². The lowest BCUT2D eigenvalue weighted by atomic mass is 9.70. The molecule has 2 aliphatic heterocycles. The highest BCUT2D eigenvalue weighted by Gasteiger charge is 2.61. The quantitative estimate of drug-likeness (QED) is 0.448. The topological polar surface area (TPSA) is 161 Å². The molecule has 0 N–H and O–H groups in total. The maximum Gasteiger partial charge on any atom is 0.288 e. The molecule has 2 heterocycles. The summed E-state index contributed by atoms with van der Waals surface area (Å²) in [5, 5.41) is 0.361. The van der Waals surface area contributed by atoms with E-state index >= 15 is 0 Å². The molecule has 0 spiro atoms. The molecule has 0 aromatic heterocycles. The van der Waals surface area contributed by atoms with E-state index in [4.69, 9.17) is 0 Å². The van der Waals surface area contributed by atoms with Crippen LogP contribution in [0.2, 0.25) is 0 Å². The molecule has 2 saturated heterocycles. The van der Waals surface area contributed by atoms with Gasteiger partial charge in [-0.3, -0.25) is 19.2 Å². The van der Waals surface area contributed by atoms with Gasteiger partial charge in [-0.15, -0.1) is 18.7 Å². The van der Waals surface area contributed by atoms with Crippen molar-refractivity contribution in [3.8, 4) is 0 Å². The van der Waals surface area contributed by atoms with Crippen LogP contribution in [-0.4, -0.2) is 62.1 Å². The summed E-state index contributed by atoms with van der Waals surface area (Å²) in [6, 6.07) is 0. The summed E-state index contributed by atoms with van der Waals surface area (Å²) in [7, 11) is -8.26. The van der Waals surface area contributed by atoms with Gasteiger partial charge >= 0.3 is 0 Å². The van der Waals surface area contributed by atoms with E-state index in [9.17, 15) is 36.0 Å². The molecule has 4 amide bonds. The number of rotatable bonds is 6. The molecule has 4 unspecified atom stereocenters. The molecule has 1 saturated carbocycles. The number of hydroxylamine groups is 4. The van der Waals surface area contributed by atoms with E-state index < -0.39 is 79.0 Å². The lowest BCUT2D eigenvalue weighted by molar-refractivity contribution is -0.166. The fourth-order valence-corrected chi connectivity index (χ4v) is 4.55. The lowest BCUT2D eigenvalue weighted by Gasteiger charge is -2.27. The zero-order chi connectivity index (χ0) is 21.0. The zero-order valence-corrected chi connectivity index (χ0v) is 16.6. The van der Waals surface area contributed by atoms with Crippen molar-refractivity contribution in [1.82, 2.24) is 10.1 Å². The number of amides is 4. The first kappa shape index (κ1) is 20.8. The number of hydrogen-bond acceptors (Lipinski definition) is 10. The predicted octanol–water partition coefficient (Wildman–Crippen LogP) is -1.45. The molecule has 0 aromatic carbocycles.